The van der Waals surface area contributed by atoms with Crippen molar-refractivity contribution < 1.29 is 28.8 Å². The van der Waals surface area contributed by atoms with Crippen LogP contribution < -0.4 is 18.9 Å². The fourth-order valence-electron chi connectivity index (χ4n) is 4.20. The lowest BCUT2D eigenvalue weighted by Crippen LogP contribution is -2.35. The maximum absolute atomic E-state index is 11.6. The van der Waals surface area contributed by atoms with E-state index >= 15 is 0 Å². The molecule has 1 saturated heterocycles. The first-order valence-electron chi connectivity index (χ1n) is 10.7. The number of ketones is 1. The third-order valence-corrected chi connectivity index (χ3v) is 5.76. The summed E-state index contributed by atoms with van der Waals surface area (Å²) in [5, 5.41) is 10.6. The van der Waals surface area contributed by atoms with Gasteiger partial charge in [-0.05, 0) is 62.2 Å². The third-order valence-electron chi connectivity index (χ3n) is 5.76. The first-order chi connectivity index (χ1) is 15.0. The number of carbonyl (C=O) groups excluding carboxylic acids is 1. The number of hydrogen-bond acceptors (Lipinski definition) is 7. The number of nitrogens with zero attached hydrogens (tertiary/aromatic N) is 1. The van der Waals surface area contributed by atoms with Crippen LogP contribution in [0.25, 0.3) is 0 Å². The molecular weight excluding hydrogens is 398 g/mol. The highest BCUT2D eigenvalue weighted by Gasteiger charge is 2.29. The third kappa shape index (κ3) is 4.94. The number of carbonyl (C=O) groups is 1. The molecular formula is C24H29NO6. The minimum atomic E-state index is -0.657. The molecule has 1 fully saturated rings. The summed E-state index contributed by atoms with van der Waals surface area (Å²) in [6.45, 7) is 4.22. The van der Waals surface area contributed by atoms with E-state index in [9.17, 15) is 9.90 Å². The van der Waals surface area contributed by atoms with Gasteiger partial charge in [0.2, 0.25) is 0 Å². The summed E-state index contributed by atoms with van der Waals surface area (Å²) in [5.74, 6) is 2.54. The minimum absolute atomic E-state index is 0.0379. The van der Waals surface area contributed by atoms with E-state index in [0.717, 1.165) is 30.9 Å². The van der Waals surface area contributed by atoms with Crippen molar-refractivity contribution in [3.8, 4) is 23.0 Å². The molecule has 0 aliphatic carbocycles. The number of rotatable bonds is 8. The van der Waals surface area contributed by atoms with Gasteiger partial charge >= 0.3 is 0 Å². The molecule has 7 nitrogen and oxygen atoms in total. The van der Waals surface area contributed by atoms with Crippen LogP contribution in [0.5, 0.6) is 23.0 Å². The van der Waals surface area contributed by atoms with Crippen molar-refractivity contribution >= 4 is 5.78 Å². The summed E-state index contributed by atoms with van der Waals surface area (Å²) >= 11 is 0. The molecule has 0 saturated carbocycles. The molecule has 1 N–H and O–H groups in total. The molecule has 2 aliphatic rings. The van der Waals surface area contributed by atoms with Crippen molar-refractivity contribution in [3.05, 3.63) is 47.5 Å². The van der Waals surface area contributed by atoms with Gasteiger partial charge < -0.3 is 24.1 Å². The predicted octanol–water partition coefficient (Wildman–Crippen LogP) is 3.25. The molecule has 2 heterocycles. The summed E-state index contributed by atoms with van der Waals surface area (Å²) in [6.07, 6.45) is 1.45. The molecule has 2 atom stereocenters. The molecule has 0 unspecified atom stereocenters. The van der Waals surface area contributed by atoms with Gasteiger partial charge in [0, 0.05) is 18.2 Å². The minimum Gasteiger partial charge on any atom is -0.493 e. The summed E-state index contributed by atoms with van der Waals surface area (Å²) in [6, 6.07) is 11.4. The second-order valence-electron chi connectivity index (χ2n) is 7.94. The fourth-order valence-corrected chi connectivity index (χ4v) is 4.20. The first kappa shape index (κ1) is 21.5. The summed E-state index contributed by atoms with van der Waals surface area (Å²) < 4.78 is 22.5. The lowest BCUT2D eigenvalue weighted by molar-refractivity contribution is 0.0628. The van der Waals surface area contributed by atoms with Crippen LogP contribution in [0.4, 0.5) is 0 Å². The molecule has 0 amide bonds. The van der Waals surface area contributed by atoms with Crippen LogP contribution in [0.3, 0.4) is 0 Å². The molecule has 2 aromatic carbocycles. The van der Waals surface area contributed by atoms with E-state index < -0.39 is 6.10 Å². The zero-order valence-electron chi connectivity index (χ0n) is 18.0. The van der Waals surface area contributed by atoms with Crippen LogP contribution in [0.2, 0.25) is 0 Å². The summed E-state index contributed by atoms with van der Waals surface area (Å²) in [7, 11) is 1.53. The SMILES string of the molecule is COc1cc(C(C)=O)ccc1OC[C@H](O)CN1CCC[C@H]1c1ccc2c(c1)OCCO2. The van der Waals surface area contributed by atoms with Crippen molar-refractivity contribution in [2.45, 2.75) is 31.9 Å². The maximum Gasteiger partial charge on any atom is 0.161 e. The van der Waals surface area contributed by atoms with E-state index in [4.69, 9.17) is 18.9 Å². The Balaban J connectivity index is 1.37. The Labute approximate surface area is 182 Å². The number of aliphatic hydroxyl groups is 1. The van der Waals surface area contributed by atoms with Crippen LogP contribution in [-0.4, -0.2) is 61.9 Å². The lowest BCUT2D eigenvalue weighted by Gasteiger charge is -2.28. The molecule has 0 aromatic heterocycles. The topological polar surface area (TPSA) is 77.5 Å². The normalized spacial score (nSPS) is 19.1. The van der Waals surface area contributed by atoms with E-state index in [1.54, 1.807) is 18.2 Å². The number of aliphatic hydroxyl groups excluding tert-OH is 1. The highest BCUT2D eigenvalue weighted by Crippen LogP contribution is 2.38. The van der Waals surface area contributed by atoms with E-state index in [-0.39, 0.29) is 18.4 Å². The van der Waals surface area contributed by atoms with Gasteiger partial charge in [-0.3, -0.25) is 9.69 Å². The van der Waals surface area contributed by atoms with E-state index in [2.05, 4.69) is 17.0 Å². The largest absolute Gasteiger partial charge is 0.493 e. The lowest BCUT2D eigenvalue weighted by atomic mass is 10.0. The van der Waals surface area contributed by atoms with Crippen LogP contribution in [0, 0.1) is 0 Å². The quantitative estimate of drug-likeness (QED) is 0.648. The van der Waals surface area contributed by atoms with Crippen molar-refractivity contribution in [2.24, 2.45) is 0 Å². The molecule has 0 spiro atoms. The smallest absolute Gasteiger partial charge is 0.161 e. The fraction of sp³-hybridized carbons (Fsp3) is 0.458. The highest BCUT2D eigenvalue weighted by atomic mass is 16.6. The van der Waals surface area contributed by atoms with Gasteiger partial charge in [-0.25, -0.2) is 0 Å². The standard InChI is InChI=1S/C24H29NO6/c1-16(26)17-5-7-21(23(12-17)28-2)31-15-19(27)14-25-9-3-4-20(25)18-6-8-22-24(13-18)30-11-10-29-22/h5-8,12-13,19-20,27H,3-4,9-11,14-15H2,1-2H3/t19-,20+/m1/s1. The van der Waals surface area contributed by atoms with Crippen LogP contribution in [0.1, 0.15) is 41.7 Å². The van der Waals surface area contributed by atoms with Crippen molar-refractivity contribution in [1.29, 1.82) is 0 Å². The van der Waals surface area contributed by atoms with Crippen molar-refractivity contribution in [2.75, 3.05) is 40.0 Å². The number of Topliss-reactive ketones (excluding diaryl/α,β-unsaturated/α-hetero) is 1. The zero-order chi connectivity index (χ0) is 21.8. The van der Waals surface area contributed by atoms with E-state index in [1.807, 2.05) is 6.07 Å². The van der Waals surface area contributed by atoms with Gasteiger partial charge in [-0.1, -0.05) is 6.07 Å². The van der Waals surface area contributed by atoms with E-state index in [1.165, 1.54) is 19.6 Å². The Morgan fingerprint density at radius 1 is 1.16 bits per heavy atom. The number of fused-ring (bicyclic) bond motifs is 1. The van der Waals surface area contributed by atoms with Crippen LogP contribution in [-0.2, 0) is 0 Å². The highest BCUT2D eigenvalue weighted by molar-refractivity contribution is 5.94. The Kier molecular flexibility index (Phi) is 6.63. The monoisotopic (exact) mass is 427 g/mol. The molecule has 166 valence electrons. The second kappa shape index (κ2) is 9.58. The average molecular weight is 427 g/mol. The molecule has 31 heavy (non-hydrogen) atoms. The number of β-amino-alcohol motifs (C(OH)–C–C–N with tert-alkyl or cyclic N) is 1. The van der Waals surface area contributed by atoms with E-state index in [0.29, 0.717) is 36.8 Å². The Bertz CT molecular complexity index is 930. The van der Waals surface area contributed by atoms with Gasteiger partial charge in [0.1, 0.15) is 25.9 Å². The Morgan fingerprint density at radius 3 is 2.74 bits per heavy atom. The maximum atomic E-state index is 11.6. The molecule has 2 aromatic rings. The molecule has 0 bridgehead atoms. The first-order valence-corrected chi connectivity index (χ1v) is 10.7. The number of hydrogen-bond donors (Lipinski definition) is 1. The molecule has 2 aliphatic heterocycles. The Morgan fingerprint density at radius 2 is 1.97 bits per heavy atom. The number of methoxy groups -OCH3 is 1. The summed E-state index contributed by atoms with van der Waals surface area (Å²) in [4.78, 5) is 13.8. The predicted molar refractivity (Wildman–Crippen MR) is 115 cm³/mol. The average Bonchev–Trinajstić information content (AvgIpc) is 3.25. The summed E-state index contributed by atoms with van der Waals surface area (Å²) in [5.41, 5.74) is 1.74. The van der Waals surface area contributed by atoms with Gasteiger partial charge in [-0.2, -0.15) is 0 Å². The second-order valence-corrected chi connectivity index (χ2v) is 7.94. The van der Waals surface area contributed by atoms with Gasteiger partial charge in [-0.15, -0.1) is 0 Å². The van der Waals surface area contributed by atoms with Crippen LogP contribution >= 0.6 is 0 Å². The Hall–Kier alpha value is -2.77. The van der Waals surface area contributed by atoms with Gasteiger partial charge in [0.05, 0.1) is 7.11 Å². The number of likely N-dealkylation sites (tertiary alicyclic amines) is 1. The molecule has 0 radical (unpaired) electrons. The molecule has 4 rings (SSSR count). The number of ether oxygens (including phenoxy) is 4. The number of benzene rings is 2. The zero-order valence-corrected chi connectivity index (χ0v) is 18.0. The van der Waals surface area contributed by atoms with Gasteiger partial charge in [0.25, 0.3) is 0 Å². The van der Waals surface area contributed by atoms with Crippen molar-refractivity contribution in [1.82, 2.24) is 4.90 Å². The van der Waals surface area contributed by atoms with Crippen molar-refractivity contribution in [3.63, 3.8) is 0 Å². The van der Waals surface area contributed by atoms with Gasteiger partial charge in [0.15, 0.2) is 28.8 Å². The molecule has 7 heteroatoms. The van der Waals surface area contributed by atoms with Crippen LogP contribution in [0.15, 0.2) is 36.4 Å².